The second-order valence-corrected chi connectivity index (χ2v) is 2.07. The quantitative estimate of drug-likeness (QED) is 0.496. The predicted octanol–water partition coefficient (Wildman–Crippen LogP) is 2.82. The van der Waals surface area contributed by atoms with Gasteiger partial charge >= 0.3 is 0 Å². The first kappa shape index (κ1) is 10.6. The lowest BCUT2D eigenvalue weighted by molar-refractivity contribution is 0.514. The molecule has 1 aromatic rings. The minimum atomic E-state index is 0.0484. The first-order valence-electron chi connectivity index (χ1n) is 3.94. The van der Waals surface area contributed by atoms with Crippen molar-refractivity contribution in [1.29, 1.82) is 0 Å². The number of hydrogen-bond donors (Lipinski definition) is 2. The van der Waals surface area contributed by atoms with Crippen LogP contribution in [0.2, 0.25) is 0 Å². The van der Waals surface area contributed by atoms with Gasteiger partial charge in [0.05, 0.1) is 0 Å². The van der Waals surface area contributed by atoms with Gasteiger partial charge in [-0.05, 0) is 12.1 Å². The van der Waals surface area contributed by atoms with Crippen molar-refractivity contribution in [2.75, 3.05) is 5.73 Å². The molecular formula is C10H15NO. The molecule has 0 heterocycles. The summed E-state index contributed by atoms with van der Waals surface area (Å²) in [5, 5.41) is 8.90. The third-order valence-corrected chi connectivity index (χ3v) is 1.22. The molecule has 0 aliphatic heterocycles. The van der Waals surface area contributed by atoms with Gasteiger partial charge in [0.1, 0.15) is 5.76 Å². The van der Waals surface area contributed by atoms with E-state index in [1.807, 2.05) is 13.8 Å². The van der Waals surface area contributed by atoms with E-state index in [2.05, 4.69) is 6.58 Å². The minimum absolute atomic E-state index is 0.0484. The van der Waals surface area contributed by atoms with Crippen LogP contribution in [-0.4, -0.2) is 5.11 Å². The average Bonchev–Trinajstić information content (AvgIpc) is 2.08. The van der Waals surface area contributed by atoms with Crippen molar-refractivity contribution in [2.24, 2.45) is 0 Å². The first-order chi connectivity index (χ1) is 5.70. The average molecular weight is 165 g/mol. The molecule has 0 bridgehead atoms. The molecule has 0 spiro atoms. The monoisotopic (exact) mass is 165 g/mol. The fourth-order valence-electron chi connectivity index (χ4n) is 0.718. The molecule has 0 unspecified atom stereocenters. The van der Waals surface area contributed by atoms with Gasteiger partial charge in [-0.1, -0.05) is 32.6 Å². The lowest BCUT2D eigenvalue weighted by Gasteiger charge is -1.97. The maximum absolute atomic E-state index is 8.90. The molecule has 0 aromatic heterocycles. The van der Waals surface area contributed by atoms with E-state index in [1.165, 1.54) is 0 Å². The topological polar surface area (TPSA) is 46.2 Å². The summed E-state index contributed by atoms with van der Waals surface area (Å²) in [5.41, 5.74) is 6.74. The van der Waals surface area contributed by atoms with E-state index in [4.69, 9.17) is 10.8 Å². The lowest BCUT2D eigenvalue weighted by Crippen LogP contribution is -1.86. The molecule has 0 aliphatic carbocycles. The van der Waals surface area contributed by atoms with Gasteiger partial charge in [0.2, 0.25) is 0 Å². The van der Waals surface area contributed by atoms with Crippen LogP contribution < -0.4 is 5.73 Å². The molecule has 0 fully saturated rings. The number of rotatable bonds is 1. The molecule has 66 valence electrons. The molecule has 1 rings (SSSR count). The van der Waals surface area contributed by atoms with Gasteiger partial charge in [0.25, 0.3) is 0 Å². The van der Waals surface area contributed by atoms with E-state index < -0.39 is 0 Å². The lowest BCUT2D eigenvalue weighted by atomic mass is 10.2. The van der Waals surface area contributed by atoms with Crippen LogP contribution in [0.3, 0.4) is 0 Å². The Bertz CT molecular complexity index is 256. The van der Waals surface area contributed by atoms with E-state index in [0.717, 1.165) is 0 Å². The third-order valence-electron chi connectivity index (χ3n) is 1.22. The van der Waals surface area contributed by atoms with Crippen LogP contribution >= 0.6 is 0 Å². The smallest absolute Gasteiger partial charge is 0.115 e. The van der Waals surface area contributed by atoms with Crippen LogP contribution in [0, 0.1) is 0 Å². The van der Waals surface area contributed by atoms with E-state index in [1.54, 1.807) is 24.3 Å². The molecule has 0 radical (unpaired) electrons. The Kier molecular flexibility index (Phi) is 4.61. The number of nitrogen functional groups attached to an aromatic ring is 1. The molecule has 0 atom stereocenters. The van der Waals surface area contributed by atoms with Crippen LogP contribution in [0.4, 0.5) is 5.69 Å². The molecule has 2 nitrogen and oxygen atoms in total. The summed E-state index contributed by atoms with van der Waals surface area (Å²) in [6, 6.07) is 6.94. The Balaban J connectivity index is 0.000000561. The number of benzene rings is 1. The van der Waals surface area contributed by atoms with Gasteiger partial charge in [-0.25, -0.2) is 0 Å². The van der Waals surface area contributed by atoms with Crippen LogP contribution in [0.5, 0.6) is 0 Å². The molecule has 0 aliphatic rings. The molecular weight excluding hydrogens is 150 g/mol. The highest BCUT2D eigenvalue weighted by atomic mass is 16.3. The standard InChI is InChI=1S/C8H9NO.C2H6/c1-6(10)7-3-2-4-8(9)5-7;1-2/h2-5,10H,1,9H2;1-2H3. The number of aliphatic hydroxyl groups is 1. The van der Waals surface area contributed by atoms with Gasteiger partial charge in [0, 0.05) is 11.3 Å². The molecule has 0 amide bonds. The summed E-state index contributed by atoms with van der Waals surface area (Å²) in [6.45, 7) is 7.37. The van der Waals surface area contributed by atoms with Crippen LogP contribution in [-0.2, 0) is 0 Å². The maximum atomic E-state index is 8.90. The summed E-state index contributed by atoms with van der Waals surface area (Å²) < 4.78 is 0. The summed E-state index contributed by atoms with van der Waals surface area (Å²) >= 11 is 0. The zero-order valence-corrected chi connectivity index (χ0v) is 7.54. The Morgan fingerprint density at radius 2 is 2.00 bits per heavy atom. The number of nitrogens with two attached hydrogens (primary N) is 1. The van der Waals surface area contributed by atoms with E-state index in [-0.39, 0.29) is 5.76 Å². The third kappa shape index (κ3) is 3.10. The van der Waals surface area contributed by atoms with Crippen LogP contribution in [0.15, 0.2) is 30.8 Å². The van der Waals surface area contributed by atoms with E-state index >= 15 is 0 Å². The highest BCUT2D eigenvalue weighted by Crippen LogP contribution is 2.11. The molecule has 0 saturated heterocycles. The second-order valence-electron chi connectivity index (χ2n) is 2.07. The van der Waals surface area contributed by atoms with Crippen molar-refractivity contribution in [1.82, 2.24) is 0 Å². The number of aliphatic hydroxyl groups excluding tert-OH is 1. The summed E-state index contributed by atoms with van der Waals surface area (Å²) in [4.78, 5) is 0. The zero-order chi connectivity index (χ0) is 9.56. The summed E-state index contributed by atoms with van der Waals surface area (Å²) in [5.74, 6) is 0.0484. The molecule has 1 aromatic carbocycles. The predicted molar refractivity (Wildman–Crippen MR) is 53.9 cm³/mol. The number of hydrogen-bond acceptors (Lipinski definition) is 2. The highest BCUT2D eigenvalue weighted by molar-refractivity contribution is 5.60. The van der Waals surface area contributed by atoms with Gasteiger partial charge in [-0.15, -0.1) is 0 Å². The van der Waals surface area contributed by atoms with Gasteiger partial charge in [-0.2, -0.15) is 0 Å². The fraction of sp³-hybridized carbons (Fsp3) is 0.200. The Morgan fingerprint density at radius 1 is 1.42 bits per heavy atom. The summed E-state index contributed by atoms with van der Waals surface area (Å²) in [6.07, 6.45) is 0. The Morgan fingerprint density at radius 3 is 2.33 bits per heavy atom. The minimum Gasteiger partial charge on any atom is -0.508 e. The van der Waals surface area contributed by atoms with Crippen molar-refractivity contribution >= 4 is 11.4 Å². The highest BCUT2D eigenvalue weighted by Gasteiger charge is 1.93. The first-order valence-corrected chi connectivity index (χ1v) is 3.94. The van der Waals surface area contributed by atoms with Gasteiger partial charge < -0.3 is 10.8 Å². The maximum Gasteiger partial charge on any atom is 0.115 e. The van der Waals surface area contributed by atoms with Crippen molar-refractivity contribution in [3.05, 3.63) is 36.4 Å². The van der Waals surface area contributed by atoms with E-state index in [9.17, 15) is 0 Å². The van der Waals surface area contributed by atoms with Crippen molar-refractivity contribution in [2.45, 2.75) is 13.8 Å². The van der Waals surface area contributed by atoms with Crippen LogP contribution in [0.1, 0.15) is 19.4 Å². The van der Waals surface area contributed by atoms with Crippen molar-refractivity contribution < 1.29 is 5.11 Å². The van der Waals surface area contributed by atoms with E-state index in [0.29, 0.717) is 11.3 Å². The largest absolute Gasteiger partial charge is 0.508 e. The number of anilines is 1. The molecule has 2 heteroatoms. The summed E-state index contributed by atoms with van der Waals surface area (Å²) in [7, 11) is 0. The van der Waals surface area contributed by atoms with Gasteiger partial charge in [-0.3, -0.25) is 0 Å². The normalized spacial score (nSPS) is 8.17. The van der Waals surface area contributed by atoms with Gasteiger partial charge in [0.15, 0.2) is 0 Å². The SMILES string of the molecule is C=C(O)c1cccc(N)c1.CC. The second kappa shape index (κ2) is 5.24. The fourth-order valence-corrected chi connectivity index (χ4v) is 0.718. The molecule has 3 N–H and O–H groups in total. The molecule has 0 saturated carbocycles. The van der Waals surface area contributed by atoms with Crippen molar-refractivity contribution in [3.8, 4) is 0 Å². The Hall–Kier alpha value is -1.44. The van der Waals surface area contributed by atoms with Crippen molar-refractivity contribution in [3.63, 3.8) is 0 Å². The van der Waals surface area contributed by atoms with Crippen LogP contribution in [0.25, 0.3) is 5.76 Å². The zero-order valence-electron chi connectivity index (χ0n) is 7.54. The molecule has 12 heavy (non-hydrogen) atoms. The Labute approximate surface area is 73.3 Å².